The minimum absolute atomic E-state index is 0.422. The Morgan fingerprint density at radius 3 is 2.38 bits per heavy atom. The number of rotatable bonds is 1. The van der Waals surface area contributed by atoms with E-state index in [1.807, 2.05) is 18.2 Å². The van der Waals surface area contributed by atoms with Crippen molar-refractivity contribution in [3.63, 3.8) is 0 Å². The molecule has 0 N–H and O–H groups in total. The first-order valence-corrected chi connectivity index (χ1v) is 8.52. The average molecular weight is 340 g/mol. The van der Waals surface area contributed by atoms with Crippen molar-refractivity contribution in [1.29, 1.82) is 0 Å². The Balaban J connectivity index is 1.87. The van der Waals surface area contributed by atoms with Gasteiger partial charge in [0.1, 0.15) is 5.71 Å². The summed E-state index contributed by atoms with van der Waals surface area (Å²) >= 11 is 0. The standard InChI is InChI=1S/C22H16N2O2/c1-13(25)26-23-22-16-9-4-3-7-14(16)17-11-18-15-8-5-6-10-20(15)24(2)21(18)12-19(17)22/h3-12H,1-2H3. The molecule has 26 heavy (non-hydrogen) atoms. The number of fused-ring (bicyclic) bond motifs is 6. The Morgan fingerprint density at radius 1 is 0.846 bits per heavy atom. The summed E-state index contributed by atoms with van der Waals surface area (Å²) < 4.78 is 2.19. The van der Waals surface area contributed by atoms with Crippen LogP contribution in [0.25, 0.3) is 32.9 Å². The Morgan fingerprint density at radius 2 is 1.58 bits per heavy atom. The second-order valence-electron chi connectivity index (χ2n) is 6.56. The van der Waals surface area contributed by atoms with Crippen LogP contribution in [-0.4, -0.2) is 16.2 Å². The van der Waals surface area contributed by atoms with Crippen LogP contribution in [0.4, 0.5) is 0 Å². The van der Waals surface area contributed by atoms with E-state index in [4.69, 9.17) is 4.84 Å². The van der Waals surface area contributed by atoms with E-state index in [1.54, 1.807) is 0 Å². The molecular weight excluding hydrogens is 324 g/mol. The first-order chi connectivity index (χ1) is 12.6. The molecule has 0 saturated carbocycles. The molecule has 0 saturated heterocycles. The molecule has 0 fully saturated rings. The van der Waals surface area contributed by atoms with Gasteiger partial charge >= 0.3 is 5.97 Å². The summed E-state index contributed by atoms with van der Waals surface area (Å²) in [6.07, 6.45) is 0. The van der Waals surface area contributed by atoms with Gasteiger partial charge in [0.15, 0.2) is 0 Å². The van der Waals surface area contributed by atoms with E-state index in [2.05, 4.69) is 59.2 Å². The number of benzene rings is 3. The zero-order valence-corrected chi connectivity index (χ0v) is 14.5. The highest BCUT2D eigenvalue weighted by Gasteiger charge is 2.27. The van der Waals surface area contributed by atoms with Crippen molar-refractivity contribution in [2.24, 2.45) is 12.2 Å². The van der Waals surface area contributed by atoms with Crippen molar-refractivity contribution in [1.82, 2.24) is 4.57 Å². The lowest BCUT2D eigenvalue weighted by Gasteiger charge is -2.04. The molecular formula is C22H16N2O2. The van der Waals surface area contributed by atoms with Crippen LogP contribution in [0.2, 0.25) is 0 Å². The van der Waals surface area contributed by atoms with Crippen molar-refractivity contribution in [3.8, 4) is 11.1 Å². The molecule has 1 aliphatic rings. The van der Waals surface area contributed by atoms with Crippen LogP contribution in [-0.2, 0) is 16.7 Å². The van der Waals surface area contributed by atoms with Gasteiger partial charge in [0.25, 0.3) is 0 Å². The fourth-order valence-corrected chi connectivity index (χ4v) is 3.90. The molecule has 126 valence electrons. The molecule has 0 radical (unpaired) electrons. The quantitative estimate of drug-likeness (QED) is 0.330. The Bertz CT molecular complexity index is 1250. The molecule has 3 aromatic carbocycles. The molecule has 1 heterocycles. The molecule has 0 spiro atoms. The lowest BCUT2D eigenvalue weighted by Crippen LogP contribution is -2.02. The lowest BCUT2D eigenvalue weighted by atomic mass is 10.0. The summed E-state index contributed by atoms with van der Waals surface area (Å²) in [7, 11) is 2.07. The van der Waals surface area contributed by atoms with Crippen LogP contribution in [0.3, 0.4) is 0 Å². The van der Waals surface area contributed by atoms with Gasteiger partial charge in [-0.3, -0.25) is 0 Å². The zero-order valence-electron chi connectivity index (χ0n) is 14.5. The summed E-state index contributed by atoms with van der Waals surface area (Å²) in [5.41, 5.74) is 7.25. The topological polar surface area (TPSA) is 43.6 Å². The van der Waals surface area contributed by atoms with Gasteiger partial charge in [-0.2, -0.15) is 0 Å². The number of nitrogens with zero attached hydrogens (tertiary/aromatic N) is 2. The maximum Gasteiger partial charge on any atom is 0.332 e. The Kier molecular flexibility index (Phi) is 3.04. The third-order valence-electron chi connectivity index (χ3n) is 5.05. The van der Waals surface area contributed by atoms with E-state index in [1.165, 1.54) is 23.2 Å². The first-order valence-electron chi connectivity index (χ1n) is 8.52. The second kappa shape index (κ2) is 5.30. The summed E-state index contributed by atoms with van der Waals surface area (Å²) in [6, 6.07) is 20.9. The molecule has 4 heteroatoms. The number of carbonyl (C=O) groups is 1. The molecule has 1 aliphatic carbocycles. The molecule has 4 nitrogen and oxygen atoms in total. The molecule has 1 aromatic heterocycles. The minimum atomic E-state index is -0.422. The number of aryl methyl sites for hydroxylation is 1. The predicted molar refractivity (Wildman–Crippen MR) is 103 cm³/mol. The summed E-state index contributed by atoms with van der Waals surface area (Å²) in [4.78, 5) is 16.3. The highest BCUT2D eigenvalue weighted by Crippen LogP contribution is 2.41. The van der Waals surface area contributed by atoms with Gasteiger partial charge in [0.05, 0.1) is 0 Å². The van der Waals surface area contributed by atoms with Gasteiger partial charge in [-0.15, -0.1) is 0 Å². The van der Waals surface area contributed by atoms with Crippen molar-refractivity contribution < 1.29 is 9.63 Å². The van der Waals surface area contributed by atoms with Gasteiger partial charge in [-0.1, -0.05) is 47.6 Å². The fourth-order valence-electron chi connectivity index (χ4n) is 3.90. The summed E-state index contributed by atoms with van der Waals surface area (Å²) in [5, 5.41) is 6.60. The number of carbonyl (C=O) groups excluding carboxylic acids is 1. The van der Waals surface area contributed by atoms with Crippen LogP contribution in [0.15, 0.2) is 65.8 Å². The van der Waals surface area contributed by atoms with E-state index in [-0.39, 0.29) is 0 Å². The largest absolute Gasteiger partial charge is 0.344 e. The number of hydrogen-bond acceptors (Lipinski definition) is 3. The van der Waals surface area contributed by atoms with Gasteiger partial charge in [0, 0.05) is 46.9 Å². The average Bonchev–Trinajstić information content (AvgIpc) is 3.12. The Hall–Kier alpha value is -3.40. The maximum absolute atomic E-state index is 11.3. The third-order valence-corrected chi connectivity index (χ3v) is 5.05. The molecule has 0 bridgehead atoms. The number of oxime groups is 1. The smallest absolute Gasteiger partial charge is 0.332 e. The van der Waals surface area contributed by atoms with E-state index < -0.39 is 5.97 Å². The SMILES string of the molecule is CC(=O)ON=C1c2ccccc2-c2cc3c4ccccc4n(C)c3cc21. The van der Waals surface area contributed by atoms with Crippen LogP contribution in [0.1, 0.15) is 18.1 Å². The van der Waals surface area contributed by atoms with Crippen molar-refractivity contribution in [3.05, 3.63) is 71.8 Å². The van der Waals surface area contributed by atoms with E-state index in [9.17, 15) is 4.79 Å². The molecule has 5 rings (SSSR count). The fraction of sp³-hybridized carbons (Fsp3) is 0.0909. The predicted octanol–water partition coefficient (Wildman–Crippen LogP) is 4.63. The van der Waals surface area contributed by atoms with Gasteiger partial charge in [0.2, 0.25) is 0 Å². The summed E-state index contributed by atoms with van der Waals surface area (Å²) in [6.45, 7) is 1.36. The van der Waals surface area contributed by atoms with Crippen LogP contribution >= 0.6 is 0 Å². The Labute approximate surface area is 150 Å². The molecule has 0 amide bonds. The maximum atomic E-state index is 11.3. The number of hydrogen-bond donors (Lipinski definition) is 0. The highest BCUT2D eigenvalue weighted by atomic mass is 16.7. The van der Waals surface area contributed by atoms with Crippen molar-refractivity contribution in [2.45, 2.75) is 6.92 Å². The van der Waals surface area contributed by atoms with E-state index in [0.717, 1.165) is 27.8 Å². The van der Waals surface area contributed by atoms with Gasteiger partial charge in [-0.05, 0) is 29.3 Å². The monoisotopic (exact) mass is 340 g/mol. The van der Waals surface area contributed by atoms with Gasteiger partial charge < -0.3 is 9.40 Å². The van der Waals surface area contributed by atoms with Crippen molar-refractivity contribution >= 4 is 33.5 Å². The van der Waals surface area contributed by atoms with Crippen LogP contribution < -0.4 is 0 Å². The lowest BCUT2D eigenvalue weighted by molar-refractivity contribution is -0.140. The van der Waals surface area contributed by atoms with Crippen LogP contribution in [0, 0.1) is 0 Å². The number of para-hydroxylation sites is 1. The highest BCUT2D eigenvalue weighted by molar-refractivity contribution is 6.27. The number of aromatic nitrogens is 1. The molecule has 0 unspecified atom stereocenters. The van der Waals surface area contributed by atoms with Crippen LogP contribution in [0.5, 0.6) is 0 Å². The van der Waals surface area contributed by atoms with Crippen molar-refractivity contribution in [2.75, 3.05) is 0 Å². The first kappa shape index (κ1) is 14.9. The van der Waals surface area contributed by atoms with E-state index in [0.29, 0.717) is 5.71 Å². The zero-order chi connectivity index (χ0) is 17.8. The normalized spacial score (nSPS) is 14.0. The summed E-state index contributed by atoms with van der Waals surface area (Å²) in [5.74, 6) is -0.422. The third kappa shape index (κ3) is 1.96. The second-order valence-corrected chi connectivity index (χ2v) is 6.56. The molecule has 0 atom stereocenters. The molecule has 0 aliphatic heterocycles. The molecule has 4 aromatic rings. The van der Waals surface area contributed by atoms with Gasteiger partial charge in [-0.25, -0.2) is 4.79 Å². The van der Waals surface area contributed by atoms with E-state index >= 15 is 0 Å². The minimum Gasteiger partial charge on any atom is -0.344 e.